The van der Waals surface area contributed by atoms with Crippen molar-refractivity contribution in [3.63, 3.8) is 0 Å². The Morgan fingerprint density at radius 1 is 1.47 bits per heavy atom. The molecule has 5 heteroatoms. The second kappa shape index (κ2) is 4.81. The molecule has 1 aliphatic rings. The average molecular weight is 221 g/mol. The van der Waals surface area contributed by atoms with Crippen LogP contribution in [-0.2, 0) is 4.74 Å². The maximum absolute atomic E-state index is 11.9. The summed E-state index contributed by atoms with van der Waals surface area (Å²) >= 11 is 0. The molecule has 0 saturated heterocycles. The van der Waals surface area contributed by atoms with Gasteiger partial charge in [0.05, 0.1) is 6.10 Å². The maximum atomic E-state index is 11.9. The van der Waals surface area contributed by atoms with Crippen molar-refractivity contribution < 1.29 is 17.9 Å². The van der Waals surface area contributed by atoms with Gasteiger partial charge in [-0.1, -0.05) is 25.2 Å². The van der Waals surface area contributed by atoms with Gasteiger partial charge in [-0.15, -0.1) is 0 Å². The fraction of sp³-hybridized carbons (Fsp3) is 0.600. The molecule has 2 atom stereocenters. The van der Waals surface area contributed by atoms with E-state index in [0.29, 0.717) is 6.54 Å². The minimum atomic E-state index is -4.28. The third-order valence-corrected chi connectivity index (χ3v) is 2.19. The SMILES string of the molecule is CC1C=CC(CN)=CC1OCC(F)(F)F. The summed E-state index contributed by atoms with van der Waals surface area (Å²) in [5, 5.41) is 0. The molecule has 15 heavy (non-hydrogen) atoms. The lowest BCUT2D eigenvalue weighted by Gasteiger charge is -2.23. The largest absolute Gasteiger partial charge is 0.411 e. The lowest BCUT2D eigenvalue weighted by atomic mass is 9.95. The summed E-state index contributed by atoms with van der Waals surface area (Å²) in [5.74, 6) is -0.0531. The fourth-order valence-corrected chi connectivity index (χ4v) is 1.33. The molecule has 0 saturated carbocycles. The first-order chi connectivity index (χ1) is 6.92. The summed E-state index contributed by atoms with van der Waals surface area (Å²) in [5.41, 5.74) is 6.20. The molecule has 0 heterocycles. The van der Waals surface area contributed by atoms with Gasteiger partial charge in [0.15, 0.2) is 0 Å². The lowest BCUT2D eigenvalue weighted by Crippen LogP contribution is -2.28. The fourth-order valence-electron chi connectivity index (χ4n) is 1.33. The first kappa shape index (κ1) is 12.3. The van der Waals surface area contributed by atoms with E-state index in [1.54, 1.807) is 13.0 Å². The van der Waals surface area contributed by atoms with Crippen LogP contribution in [-0.4, -0.2) is 25.4 Å². The zero-order valence-electron chi connectivity index (χ0n) is 8.42. The standard InChI is InChI=1S/C10H14F3NO/c1-7-2-3-8(5-14)4-9(7)15-6-10(11,12)13/h2-4,7,9H,5-6,14H2,1H3. The van der Waals surface area contributed by atoms with Gasteiger partial charge in [-0.25, -0.2) is 0 Å². The smallest absolute Gasteiger partial charge is 0.364 e. The van der Waals surface area contributed by atoms with E-state index in [2.05, 4.69) is 0 Å². The van der Waals surface area contributed by atoms with Crippen LogP contribution in [0.1, 0.15) is 6.92 Å². The van der Waals surface area contributed by atoms with Gasteiger partial charge in [0.2, 0.25) is 0 Å². The summed E-state index contributed by atoms with van der Waals surface area (Å²) in [6.07, 6.45) is 0.463. The predicted octanol–water partition coefficient (Wildman–Crippen LogP) is 2.02. The Bertz CT molecular complexity index is 270. The molecule has 0 aromatic heterocycles. The molecule has 2 N–H and O–H groups in total. The Morgan fingerprint density at radius 2 is 2.13 bits per heavy atom. The van der Waals surface area contributed by atoms with Crippen molar-refractivity contribution in [1.82, 2.24) is 0 Å². The predicted molar refractivity (Wildman–Crippen MR) is 51.2 cm³/mol. The highest BCUT2D eigenvalue weighted by molar-refractivity contribution is 5.27. The molecule has 2 nitrogen and oxygen atoms in total. The second-order valence-electron chi connectivity index (χ2n) is 3.55. The molecular weight excluding hydrogens is 207 g/mol. The summed E-state index contributed by atoms with van der Waals surface area (Å²) in [6.45, 7) is 0.903. The Balaban J connectivity index is 2.54. The van der Waals surface area contributed by atoms with E-state index in [0.717, 1.165) is 5.57 Å². The Hall–Kier alpha value is -0.810. The topological polar surface area (TPSA) is 35.2 Å². The van der Waals surface area contributed by atoms with Gasteiger partial charge >= 0.3 is 6.18 Å². The molecule has 0 amide bonds. The summed E-state index contributed by atoms with van der Waals surface area (Å²) < 4.78 is 40.6. The normalized spacial score (nSPS) is 26.6. The monoisotopic (exact) mass is 221 g/mol. The minimum Gasteiger partial charge on any atom is -0.364 e. The van der Waals surface area contributed by atoms with Crippen LogP contribution in [0.15, 0.2) is 23.8 Å². The Morgan fingerprint density at radius 3 is 2.67 bits per heavy atom. The van der Waals surface area contributed by atoms with Gasteiger partial charge in [-0.3, -0.25) is 0 Å². The highest BCUT2D eigenvalue weighted by atomic mass is 19.4. The molecule has 0 aromatic rings. The van der Waals surface area contributed by atoms with E-state index in [1.807, 2.05) is 12.2 Å². The molecule has 0 spiro atoms. The molecule has 2 unspecified atom stereocenters. The van der Waals surface area contributed by atoms with Crippen LogP contribution in [0.25, 0.3) is 0 Å². The molecule has 0 aromatic carbocycles. The number of rotatable bonds is 3. The zero-order valence-corrected chi connectivity index (χ0v) is 8.42. The van der Waals surface area contributed by atoms with Gasteiger partial charge in [0.1, 0.15) is 6.61 Å². The summed E-state index contributed by atoms with van der Waals surface area (Å²) in [4.78, 5) is 0. The highest BCUT2D eigenvalue weighted by Crippen LogP contribution is 2.22. The van der Waals surface area contributed by atoms with Crippen LogP contribution in [0.2, 0.25) is 0 Å². The highest BCUT2D eigenvalue weighted by Gasteiger charge is 2.30. The van der Waals surface area contributed by atoms with Gasteiger partial charge < -0.3 is 10.5 Å². The molecular formula is C10H14F3NO. The molecule has 1 rings (SSSR count). The van der Waals surface area contributed by atoms with Gasteiger partial charge in [0, 0.05) is 12.5 Å². The van der Waals surface area contributed by atoms with Gasteiger partial charge in [0.25, 0.3) is 0 Å². The van der Waals surface area contributed by atoms with Crippen molar-refractivity contribution in [1.29, 1.82) is 0 Å². The lowest BCUT2D eigenvalue weighted by molar-refractivity contribution is -0.183. The van der Waals surface area contributed by atoms with Crippen molar-refractivity contribution in [3.8, 4) is 0 Å². The van der Waals surface area contributed by atoms with Gasteiger partial charge in [-0.2, -0.15) is 13.2 Å². The Kier molecular flexibility index (Phi) is 3.93. The molecule has 0 aliphatic heterocycles. The van der Waals surface area contributed by atoms with Crippen molar-refractivity contribution >= 4 is 0 Å². The number of alkyl halides is 3. The quantitative estimate of drug-likeness (QED) is 0.791. The molecule has 1 aliphatic carbocycles. The third-order valence-electron chi connectivity index (χ3n) is 2.19. The van der Waals surface area contributed by atoms with E-state index in [1.165, 1.54) is 0 Å². The van der Waals surface area contributed by atoms with Crippen LogP contribution in [0.4, 0.5) is 13.2 Å². The van der Waals surface area contributed by atoms with Gasteiger partial charge in [-0.05, 0) is 5.57 Å². The van der Waals surface area contributed by atoms with Crippen molar-refractivity contribution in [2.75, 3.05) is 13.2 Å². The first-order valence-electron chi connectivity index (χ1n) is 4.69. The second-order valence-corrected chi connectivity index (χ2v) is 3.55. The van der Waals surface area contributed by atoms with E-state index in [4.69, 9.17) is 10.5 Å². The number of ether oxygens (including phenoxy) is 1. The van der Waals surface area contributed by atoms with Crippen LogP contribution in [0, 0.1) is 5.92 Å². The van der Waals surface area contributed by atoms with Crippen LogP contribution in [0.3, 0.4) is 0 Å². The van der Waals surface area contributed by atoms with E-state index in [9.17, 15) is 13.2 Å². The molecule has 0 fully saturated rings. The van der Waals surface area contributed by atoms with Crippen LogP contribution >= 0.6 is 0 Å². The van der Waals surface area contributed by atoms with Crippen molar-refractivity contribution in [3.05, 3.63) is 23.8 Å². The van der Waals surface area contributed by atoms with Crippen LogP contribution in [0.5, 0.6) is 0 Å². The number of hydrogen-bond acceptors (Lipinski definition) is 2. The van der Waals surface area contributed by atoms with Crippen molar-refractivity contribution in [2.24, 2.45) is 11.7 Å². The maximum Gasteiger partial charge on any atom is 0.411 e. The average Bonchev–Trinajstić information content (AvgIpc) is 2.15. The van der Waals surface area contributed by atoms with E-state index >= 15 is 0 Å². The summed E-state index contributed by atoms with van der Waals surface area (Å²) in [6, 6.07) is 0. The summed E-state index contributed by atoms with van der Waals surface area (Å²) in [7, 11) is 0. The number of nitrogens with two attached hydrogens (primary N) is 1. The number of hydrogen-bond donors (Lipinski definition) is 1. The third kappa shape index (κ3) is 4.05. The first-order valence-corrected chi connectivity index (χ1v) is 4.69. The Labute approximate surface area is 86.6 Å². The van der Waals surface area contributed by atoms with E-state index < -0.39 is 18.9 Å². The molecule has 86 valence electrons. The molecule has 0 bridgehead atoms. The van der Waals surface area contributed by atoms with Crippen molar-refractivity contribution in [2.45, 2.75) is 19.2 Å². The minimum absolute atomic E-state index is 0.0531. The number of halogens is 3. The van der Waals surface area contributed by atoms with Crippen LogP contribution < -0.4 is 5.73 Å². The zero-order chi connectivity index (χ0) is 11.5. The van der Waals surface area contributed by atoms with E-state index in [-0.39, 0.29) is 5.92 Å². The molecule has 0 radical (unpaired) electrons.